The van der Waals surface area contributed by atoms with Crippen LogP contribution in [-0.4, -0.2) is 15.9 Å². The third-order valence-electron chi connectivity index (χ3n) is 0.843. The van der Waals surface area contributed by atoms with Crippen LogP contribution >= 0.6 is 12.2 Å². The van der Waals surface area contributed by atoms with Gasteiger partial charge in [-0.3, -0.25) is 4.79 Å². The smallest absolute Gasteiger partial charge is 0.266 e. The van der Waals surface area contributed by atoms with Crippen LogP contribution in [0.1, 0.15) is 0 Å². The minimum atomic E-state index is -0.255. The molecule has 1 rings (SSSR count). The zero-order chi connectivity index (χ0) is 6.15. The lowest BCUT2D eigenvalue weighted by Crippen LogP contribution is -2.35. The van der Waals surface area contributed by atoms with Crippen molar-refractivity contribution in [2.75, 3.05) is 0 Å². The third-order valence-corrected chi connectivity index (χ3v) is 1.18. The molecule has 2 N–H and O–H groups in total. The maximum atomic E-state index is 10.4. The number of amides is 1. The molecular weight excluding hydrogens is 124 g/mol. The van der Waals surface area contributed by atoms with Crippen molar-refractivity contribution in [1.82, 2.24) is 5.01 Å². The van der Waals surface area contributed by atoms with Gasteiger partial charge < -0.3 is 0 Å². The molecule has 1 amide bonds. The SMILES string of the molecule is NN1C(=O)C=CC1=S. The first-order valence-electron chi connectivity index (χ1n) is 2.02. The first-order valence-corrected chi connectivity index (χ1v) is 2.43. The van der Waals surface area contributed by atoms with Crippen LogP contribution in [0, 0.1) is 0 Å². The zero-order valence-electron chi connectivity index (χ0n) is 4.00. The normalized spacial score (nSPS) is 18.4. The topological polar surface area (TPSA) is 46.3 Å². The van der Waals surface area contributed by atoms with Crippen LogP contribution in [-0.2, 0) is 4.79 Å². The maximum absolute atomic E-state index is 10.4. The van der Waals surface area contributed by atoms with E-state index in [1.165, 1.54) is 12.2 Å². The molecule has 0 aliphatic carbocycles. The van der Waals surface area contributed by atoms with Gasteiger partial charge in [-0.25, -0.2) is 10.9 Å². The minimum Gasteiger partial charge on any atom is -0.268 e. The first kappa shape index (κ1) is 5.40. The summed E-state index contributed by atoms with van der Waals surface area (Å²) in [7, 11) is 0. The lowest BCUT2D eigenvalue weighted by molar-refractivity contribution is -0.121. The molecule has 0 saturated carbocycles. The van der Waals surface area contributed by atoms with Gasteiger partial charge in [-0.2, -0.15) is 0 Å². The fraction of sp³-hybridized carbons (Fsp3) is 0. The van der Waals surface area contributed by atoms with Gasteiger partial charge >= 0.3 is 0 Å². The largest absolute Gasteiger partial charge is 0.268 e. The van der Waals surface area contributed by atoms with Crippen molar-refractivity contribution in [2.45, 2.75) is 0 Å². The quantitative estimate of drug-likeness (QED) is 0.274. The van der Waals surface area contributed by atoms with E-state index in [-0.39, 0.29) is 5.91 Å². The molecule has 0 fully saturated rings. The molecule has 0 aromatic heterocycles. The van der Waals surface area contributed by atoms with E-state index in [0.29, 0.717) is 4.99 Å². The van der Waals surface area contributed by atoms with Crippen molar-refractivity contribution in [3.63, 3.8) is 0 Å². The summed E-state index contributed by atoms with van der Waals surface area (Å²) in [6.07, 6.45) is 2.83. The summed E-state index contributed by atoms with van der Waals surface area (Å²) in [5.41, 5.74) is 0. The predicted molar refractivity (Wildman–Crippen MR) is 32.8 cm³/mol. The number of carbonyl (C=O) groups is 1. The molecule has 1 aliphatic rings. The fourth-order valence-electron chi connectivity index (χ4n) is 0.412. The Morgan fingerprint density at radius 2 is 2.25 bits per heavy atom. The van der Waals surface area contributed by atoms with Gasteiger partial charge in [-0.1, -0.05) is 12.2 Å². The second-order valence-electron chi connectivity index (χ2n) is 1.38. The molecule has 3 nitrogen and oxygen atoms in total. The number of hydrogen-bond acceptors (Lipinski definition) is 3. The van der Waals surface area contributed by atoms with Crippen molar-refractivity contribution >= 4 is 23.1 Å². The molecule has 0 aromatic rings. The van der Waals surface area contributed by atoms with Crippen molar-refractivity contribution in [1.29, 1.82) is 0 Å². The van der Waals surface area contributed by atoms with Crippen LogP contribution in [0.5, 0.6) is 0 Å². The Labute approximate surface area is 51.7 Å². The summed E-state index contributed by atoms with van der Waals surface area (Å²) in [6.45, 7) is 0. The molecule has 0 atom stereocenters. The molecule has 0 aromatic carbocycles. The highest BCUT2D eigenvalue weighted by atomic mass is 32.1. The number of carbonyl (C=O) groups excluding carboxylic acids is 1. The highest BCUT2D eigenvalue weighted by molar-refractivity contribution is 7.80. The Kier molecular flexibility index (Phi) is 1.11. The van der Waals surface area contributed by atoms with E-state index in [0.717, 1.165) is 5.01 Å². The lowest BCUT2D eigenvalue weighted by Gasteiger charge is -2.04. The van der Waals surface area contributed by atoms with Crippen LogP contribution < -0.4 is 5.84 Å². The van der Waals surface area contributed by atoms with Gasteiger partial charge in [-0.05, 0) is 6.08 Å². The Morgan fingerprint density at radius 1 is 1.62 bits per heavy atom. The number of hydrogen-bond donors (Lipinski definition) is 1. The van der Waals surface area contributed by atoms with E-state index in [9.17, 15) is 4.79 Å². The Hall–Kier alpha value is -0.740. The molecule has 0 spiro atoms. The molecule has 0 radical (unpaired) electrons. The second-order valence-corrected chi connectivity index (χ2v) is 1.80. The monoisotopic (exact) mass is 128 g/mol. The number of nitrogens with zero attached hydrogens (tertiary/aromatic N) is 1. The summed E-state index contributed by atoms with van der Waals surface area (Å²) < 4.78 is 0. The van der Waals surface area contributed by atoms with E-state index < -0.39 is 0 Å². The third kappa shape index (κ3) is 0.635. The average Bonchev–Trinajstić information content (AvgIpc) is 1.98. The first-order chi connectivity index (χ1) is 3.72. The molecule has 4 heteroatoms. The molecule has 1 aliphatic heterocycles. The Morgan fingerprint density at radius 3 is 2.38 bits per heavy atom. The van der Waals surface area contributed by atoms with Crippen molar-refractivity contribution in [3.05, 3.63) is 12.2 Å². The number of rotatable bonds is 0. The van der Waals surface area contributed by atoms with Gasteiger partial charge in [0.25, 0.3) is 5.91 Å². The molecule has 0 unspecified atom stereocenters. The maximum Gasteiger partial charge on any atom is 0.266 e. The van der Waals surface area contributed by atoms with Gasteiger partial charge in [0.15, 0.2) is 0 Å². The average molecular weight is 128 g/mol. The molecule has 0 saturated heterocycles. The molecule has 42 valence electrons. The number of thiocarbonyl (C=S) groups is 1. The zero-order valence-corrected chi connectivity index (χ0v) is 4.81. The van der Waals surface area contributed by atoms with Crippen LogP contribution in [0.25, 0.3) is 0 Å². The van der Waals surface area contributed by atoms with Crippen molar-refractivity contribution < 1.29 is 4.79 Å². The van der Waals surface area contributed by atoms with Crippen LogP contribution in [0.15, 0.2) is 12.2 Å². The summed E-state index contributed by atoms with van der Waals surface area (Å²) in [6, 6.07) is 0. The lowest BCUT2D eigenvalue weighted by atomic mass is 10.6. The predicted octanol–water partition coefficient (Wildman–Crippen LogP) is -0.414. The summed E-state index contributed by atoms with van der Waals surface area (Å²) >= 11 is 4.61. The van der Waals surface area contributed by atoms with Crippen molar-refractivity contribution in [2.24, 2.45) is 5.84 Å². The van der Waals surface area contributed by atoms with Crippen LogP contribution in [0.4, 0.5) is 0 Å². The molecular formula is C4H4N2OS. The van der Waals surface area contributed by atoms with Gasteiger partial charge in [-0.15, -0.1) is 0 Å². The van der Waals surface area contributed by atoms with Gasteiger partial charge in [0, 0.05) is 6.08 Å². The van der Waals surface area contributed by atoms with E-state index >= 15 is 0 Å². The Balaban J connectivity index is 2.84. The number of nitrogens with two attached hydrogens (primary N) is 1. The second kappa shape index (κ2) is 1.65. The Bertz CT molecular complexity index is 157. The summed E-state index contributed by atoms with van der Waals surface area (Å²) in [4.78, 5) is 10.8. The summed E-state index contributed by atoms with van der Waals surface area (Å²) in [5.74, 6) is 4.85. The van der Waals surface area contributed by atoms with Gasteiger partial charge in [0.2, 0.25) is 0 Å². The fourth-order valence-corrected chi connectivity index (χ4v) is 0.570. The number of hydrazine groups is 1. The highest BCUT2D eigenvalue weighted by Gasteiger charge is 2.14. The van der Waals surface area contributed by atoms with Crippen LogP contribution in [0.2, 0.25) is 0 Å². The standard InChI is InChI=1S/C4H4N2OS/c5-6-3(7)1-2-4(6)8/h1-2H,5H2. The molecule has 1 heterocycles. The van der Waals surface area contributed by atoms with Gasteiger partial charge in [0.05, 0.1) is 0 Å². The van der Waals surface area contributed by atoms with E-state index in [4.69, 9.17) is 5.84 Å². The summed E-state index contributed by atoms with van der Waals surface area (Å²) in [5, 5.41) is 0.926. The van der Waals surface area contributed by atoms with Crippen LogP contribution in [0.3, 0.4) is 0 Å². The van der Waals surface area contributed by atoms with Gasteiger partial charge in [0.1, 0.15) is 4.99 Å². The van der Waals surface area contributed by atoms with E-state index in [1.54, 1.807) is 0 Å². The van der Waals surface area contributed by atoms with E-state index in [2.05, 4.69) is 12.2 Å². The van der Waals surface area contributed by atoms with E-state index in [1.807, 2.05) is 0 Å². The minimum absolute atomic E-state index is 0.255. The molecule has 0 bridgehead atoms. The van der Waals surface area contributed by atoms with Crippen molar-refractivity contribution in [3.8, 4) is 0 Å². The molecule has 8 heavy (non-hydrogen) atoms. The highest BCUT2D eigenvalue weighted by Crippen LogP contribution is 1.97.